The predicted molar refractivity (Wildman–Crippen MR) is 124 cm³/mol. The number of likely N-dealkylation sites (tertiary alicyclic amines) is 1. The molecule has 2 aromatic rings. The number of nitrogens with one attached hydrogen (secondary N) is 1. The smallest absolute Gasteiger partial charge is 0.220 e. The first-order chi connectivity index (χ1) is 15.0. The zero-order valence-corrected chi connectivity index (χ0v) is 18.8. The third kappa shape index (κ3) is 3.96. The molecule has 0 saturated carbocycles. The number of amides is 1. The van der Waals surface area contributed by atoms with Crippen LogP contribution < -0.4 is 10.2 Å². The highest BCUT2D eigenvalue weighted by Crippen LogP contribution is 2.41. The number of hydrogen-bond acceptors (Lipinski definition) is 4. The van der Waals surface area contributed by atoms with Crippen LogP contribution in [0.1, 0.15) is 61.8 Å². The Morgan fingerprint density at radius 3 is 2.94 bits per heavy atom. The highest BCUT2D eigenvalue weighted by atomic mass is 16.1. The molecule has 2 saturated heterocycles. The molecule has 1 spiro atoms. The minimum Gasteiger partial charge on any atom is -0.372 e. The highest BCUT2D eigenvalue weighted by molar-refractivity contribution is 5.77. The number of carbonyl (C=O) groups excluding carboxylic acids is 1. The van der Waals surface area contributed by atoms with Crippen molar-refractivity contribution in [3.8, 4) is 0 Å². The van der Waals surface area contributed by atoms with Crippen LogP contribution in [0.5, 0.6) is 0 Å². The van der Waals surface area contributed by atoms with Crippen LogP contribution in [0.4, 0.5) is 5.69 Å². The van der Waals surface area contributed by atoms with Gasteiger partial charge in [0, 0.05) is 62.6 Å². The maximum absolute atomic E-state index is 12.5. The molecule has 5 nitrogen and oxygen atoms in total. The topological polar surface area (TPSA) is 48.5 Å². The zero-order chi connectivity index (χ0) is 21.4. The molecule has 0 radical (unpaired) electrons. The molecule has 3 aliphatic heterocycles. The largest absolute Gasteiger partial charge is 0.372 e. The number of hydrogen-bond donors (Lipinski definition) is 1. The van der Waals surface area contributed by atoms with E-state index in [0.29, 0.717) is 12.5 Å². The van der Waals surface area contributed by atoms with E-state index in [1.54, 1.807) is 0 Å². The molecule has 31 heavy (non-hydrogen) atoms. The minimum atomic E-state index is -0.203. The standard InChI is InChI=1S/C26H34N4O/c1-19-9-11-21-15-20(10-12-24(21)29(19)2)16-30-17-22(23-7-4-6-14-27-23)26(18-30)13-5-3-8-25(31)28-26/h4,6-7,10,12,14-15,19,22H,3,5,8-9,11,13,16-18H2,1-2H3,(H,28,31)/t19-,22-,26+/m0/s1. The molecule has 0 bridgehead atoms. The number of nitrogens with zero attached hydrogens (tertiary/aromatic N) is 3. The van der Waals surface area contributed by atoms with Crippen molar-refractivity contribution in [3.63, 3.8) is 0 Å². The zero-order valence-electron chi connectivity index (χ0n) is 18.8. The first kappa shape index (κ1) is 20.5. The molecule has 3 aliphatic rings. The lowest BCUT2D eigenvalue weighted by atomic mass is 9.81. The number of rotatable bonds is 3. The first-order valence-corrected chi connectivity index (χ1v) is 11.8. The van der Waals surface area contributed by atoms with Gasteiger partial charge in [0.05, 0.1) is 5.54 Å². The number of benzene rings is 1. The molecule has 1 amide bonds. The predicted octanol–water partition coefficient (Wildman–Crippen LogP) is 3.88. The Morgan fingerprint density at radius 2 is 2.10 bits per heavy atom. The van der Waals surface area contributed by atoms with E-state index in [9.17, 15) is 4.79 Å². The second-order valence-electron chi connectivity index (χ2n) is 9.85. The monoisotopic (exact) mass is 418 g/mol. The number of aryl methyl sites for hydroxylation is 1. The average molecular weight is 419 g/mol. The van der Waals surface area contributed by atoms with E-state index in [1.165, 1.54) is 23.2 Å². The Bertz CT molecular complexity index is 946. The van der Waals surface area contributed by atoms with Crippen LogP contribution in [-0.4, -0.2) is 47.5 Å². The number of aromatic nitrogens is 1. The second kappa shape index (κ2) is 8.27. The van der Waals surface area contributed by atoms with E-state index in [0.717, 1.165) is 51.0 Å². The number of pyridine rings is 1. The SMILES string of the molecule is C[C@H]1CCc2cc(CN3C[C@@H](c4ccccn4)[C@@]4(CCCCC(=O)N4)C3)ccc2N1C. The van der Waals surface area contributed by atoms with Crippen LogP contribution >= 0.6 is 0 Å². The number of carbonyl (C=O) groups is 1. The molecule has 1 N–H and O–H groups in total. The summed E-state index contributed by atoms with van der Waals surface area (Å²) in [6.45, 7) is 5.06. The number of fused-ring (bicyclic) bond motifs is 1. The van der Waals surface area contributed by atoms with Gasteiger partial charge in [-0.25, -0.2) is 0 Å². The molecule has 0 aliphatic carbocycles. The molecule has 5 heteroatoms. The van der Waals surface area contributed by atoms with Gasteiger partial charge < -0.3 is 10.2 Å². The Hall–Kier alpha value is -2.40. The average Bonchev–Trinajstić information content (AvgIpc) is 3.00. The summed E-state index contributed by atoms with van der Waals surface area (Å²) in [4.78, 5) is 22.2. The van der Waals surface area contributed by atoms with Crippen LogP contribution in [0.25, 0.3) is 0 Å². The van der Waals surface area contributed by atoms with E-state index in [2.05, 4.69) is 59.4 Å². The molecule has 3 atom stereocenters. The van der Waals surface area contributed by atoms with Gasteiger partial charge in [0.2, 0.25) is 5.91 Å². The van der Waals surface area contributed by atoms with Gasteiger partial charge in [-0.05, 0) is 61.9 Å². The molecular formula is C26H34N4O. The van der Waals surface area contributed by atoms with Crippen LogP contribution in [0.15, 0.2) is 42.6 Å². The van der Waals surface area contributed by atoms with Gasteiger partial charge in [-0.15, -0.1) is 0 Å². The molecule has 1 aromatic carbocycles. The Labute approximate surface area is 185 Å². The van der Waals surface area contributed by atoms with Crippen LogP contribution in [0.2, 0.25) is 0 Å². The van der Waals surface area contributed by atoms with E-state index in [-0.39, 0.29) is 17.4 Å². The normalized spacial score (nSPS) is 29.0. The first-order valence-electron chi connectivity index (χ1n) is 11.8. The molecule has 5 rings (SSSR count). The Balaban J connectivity index is 1.40. The van der Waals surface area contributed by atoms with Gasteiger partial charge in [-0.2, -0.15) is 0 Å². The molecular weight excluding hydrogens is 384 g/mol. The molecule has 2 fully saturated rings. The summed E-state index contributed by atoms with van der Waals surface area (Å²) in [6, 6.07) is 13.8. The lowest BCUT2D eigenvalue weighted by molar-refractivity contribution is -0.122. The minimum absolute atomic E-state index is 0.200. The third-order valence-electron chi connectivity index (χ3n) is 7.75. The van der Waals surface area contributed by atoms with E-state index < -0.39 is 0 Å². The second-order valence-corrected chi connectivity index (χ2v) is 9.85. The van der Waals surface area contributed by atoms with E-state index >= 15 is 0 Å². The molecule has 164 valence electrons. The van der Waals surface area contributed by atoms with Crippen molar-refractivity contribution in [2.45, 2.75) is 69.5 Å². The highest BCUT2D eigenvalue weighted by Gasteiger charge is 2.49. The lowest BCUT2D eigenvalue weighted by Crippen LogP contribution is -2.52. The van der Waals surface area contributed by atoms with E-state index in [4.69, 9.17) is 4.98 Å². The lowest BCUT2D eigenvalue weighted by Gasteiger charge is -2.35. The summed E-state index contributed by atoms with van der Waals surface area (Å²) < 4.78 is 0. The summed E-state index contributed by atoms with van der Waals surface area (Å²) in [5.74, 6) is 0.437. The quantitative estimate of drug-likeness (QED) is 0.822. The molecule has 1 aromatic heterocycles. The summed E-state index contributed by atoms with van der Waals surface area (Å²) >= 11 is 0. The fraction of sp³-hybridized carbons (Fsp3) is 0.538. The van der Waals surface area contributed by atoms with Crippen molar-refractivity contribution in [1.82, 2.24) is 15.2 Å². The maximum Gasteiger partial charge on any atom is 0.220 e. The van der Waals surface area contributed by atoms with Crippen molar-refractivity contribution in [2.24, 2.45) is 0 Å². The summed E-state index contributed by atoms with van der Waals surface area (Å²) in [5.41, 5.74) is 5.12. The van der Waals surface area contributed by atoms with Crippen molar-refractivity contribution in [2.75, 3.05) is 25.0 Å². The van der Waals surface area contributed by atoms with Gasteiger partial charge in [0.1, 0.15) is 0 Å². The summed E-state index contributed by atoms with van der Waals surface area (Å²) in [7, 11) is 2.21. The molecule has 0 unspecified atom stereocenters. The van der Waals surface area contributed by atoms with Gasteiger partial charge in [0.25, 0.3) is 0 Å². The summed E-state index contributed by atoms with van der Waals surface area (Å²) in [6.07, 6.45) is 8.01. The van der Waals surface area contributed by atoms with E-state index in [1.807, 2.05) is 12.3 Å². The van der Waals surface area contributed by atoms with Crippen molar-refractivity contribution in [3.05, 3.63) is 59.4 Å². The van der Waals surface area contributed by atoms with Gasteiger partial charge in [-0.3, -0.25) is 14.7 Å². The maximum atomic E-state index is 12.5. The fourth-order valence-corrected chi connectivity index (χ4v) is 5.93. The van der Waals surface area contributed by atoms with Crippen molar-refractivity contribution < 1.29 is 4.79 Å². The van der Waals surface area contributed by atoms with Crippen molar-refractivity contribution in [1.29, 1.82) is 0 Å². The van der Waals surface area contributed by atoms with Crippen molar-refractivity contribution >= 4 is 11.6 Å². The fourth-order valence-electron chi connectivity index (χ4n) is 5.93. The summed E-state index contributed by atoms with van der Waals surface area (Å²) in [5, 5.41) is 3.45. The Kier molecular flexibility index (Phi) is 5.47. The number of anilines is 1. The van der Waals surface area contributed by atoms with Crippen LogP contribution in [0, 0.1) is 0 Å². The van der Waals surface area contributed by atoms with Crippen LogP contribution in [0.3, 0.4) is 0 Å². The third-order valence-corrected chi connectivity index (χ3v) is 7.75. The van der Waals surface area contributed by atoms with Gasteiger partial charge in [0.15, 0.2) is 0 Å². The van der Waals surface area contributed by atoms with Gasteiger partial charge in [-0.1, -0.05) is 24.6 Å². The van der Waals surface area contributed by atoms with Crippen LogP contribution in [-0.2, 0) is 17.8 Å². The molecule has 4 heterocycles. The Morgan fingerprint density at radius 1 is 1.19 bits per heavy atom. The van der Waals surface area contributed by atoms with Gasteiger partial charge >= 0.3 is 0 Å².